The maximum Gasteiger partial charge on any atom is 0.257 e. The second-order valence-electron chi connectivity index (χ2n) is 7.49. The van der Waals surface area contributed by atoms with E-state index in [1.165, 1.54) is 0 Å². The van der Waals surface area contributed by atoms with Crippen molar-refractivity contribution in [2.75, 3.05) is 0 Å². The minimum atomic E-state index is -0.410. The van der Waals surface area contributed by atoms with E-state index in [1.807, 2.05) is 19.1 Å². The fraction of sp³-hybridized carbons (Fsp3) is 0.208. The molecule has 0 radical (unpaired) electrons. The maximum atomic E-state index is 11.3. The van der Waals surface area contributed by atoms with Crippen LogP contribution in [-0.4, -0.2) is 25.4 Å². The van der Waals surface area contributed by atoms with Crippen LogP contribution in [0.3, 0.4) is 0 Å². The molecule has 0 amide bonds. The topological polar surface area (TPSA) is 92.3 Å². The Morgan fingerprint density at radius 1 is 0.879 bits per heavy atom. The third kappa shape index (κ3) is 4.93. The van der Waals surface area contributed by atoms with Gasteiger partial charge in [-0.2, -0.15) is 0 Å². The van der Waals surface area contributed by atoms with Crippen molar-refractivity contribution in [1.29, 1.82) is 0 Å². The average molecular weight is 505 g/mol. The van der Waals surface area contributed by atoms with Crippen molar-refractivity contribution in [2.45, 2.75) is 32.6 Å². The lowest BCUT2D eigenvalue weighted by molar-refractivity contribution is 0.429. The van der Waals surface area contributed by atoms with Crippen LogP contribution in [-0.2, 0) is 12.8 Å². The number of rotatable bonds is 7. The number of hydrogen-bond acceptors (Lipinski definition) is 6. The monoisotopic (exact) mass is 503 g/mol. The Balaban J connectivity index is 1.81. The standard InChI is InChI=1S/C24H20Cl3N3O3/c1-2-3-7-17-20(19-15(26)5-4-6-16(19)27)22(31)21(23(32)28-17)24-30-29-18(33-24)12-13-8-10-14(25)11-9-13/h4-6,8-11H,2-3,7,12H2,1H3,(H2,28,31,32). The molecule has 33 heavy (non-hydrogen) atoms. The van der Waals surface area contributed by atoms with E-state index >= 15 is 0 Å². The fourth-order valence-corrected chi connectivity index (χ4v) is 4.24. The van der Waals surface area contributed by atoms with Crippen LogP contribution in [0.1, 0.15) is 36.9 Å². The van der Waals surface area contributed by atoms with Crippen molar-refractivity contribution < 1.29 is 14.6 Å². The van der Waals surface area contributed by atoms with Crippen LogP contribution in [0, 0.1) is 0 Å². The summed E-state index contributed by atoms with van der Waals surface area (Å²) in [5, 5.41) is 31.4. The molecule has 2 aromatic carbocycles. The maximum absolute atomic E-state index is 11.3. The van der Waals surface area contributed by atoms with Gasteiger partial charge in [-0.1, -0.05) is 66.3 Å². The number of aromatic hydroxyl groups is 2. The third-order valence-corrected chi connectivity index (χ3v) is 6.04. The van der Waals surface area contributed by atoms with E-state index in [0.29, 0.717) is 50.6 Å². The molecule has 4 aromatic rings. The highest BCUT2D eigenvalue weighted by Crippen LogP contribution is 2.48. The normalized spacial score (nSPS) is 11.2. The summed E-state index contributed by atoms with van der Waals surface area (Å²) in [7, 11) is 0. The van der Waals surface area contributed by atoms with E-state index in [4.69, 9.17) is 39.2 Å². The summed E-state index contributed by atoms with van der Waals surface area (Å²) in [6.07, 6.45) is 2.57. The first-order valence-corrected chi connectivity index (χ1v) is 11.5. The van der Waals surface area contributed by atoms with Crippen molar-refractivity contribution in [2.24, 2.45) is 0 Å². The van der Waals surface area contributed by atoms with Gasteiger partial charge in [-0.3, -0.25) is 0 Å². The highest BCUT2D eigenvalue weighted by molar-refractivity contribution is 6.39. The molecule has 0 aliphatic carbocycles. The van der Waals surface area contributed by atoms with Gasteiger partial charge in [0.15, 0.2) is 0 Å². The van der Waals surface area contributed by atoms with Gasteiger partial charge in [-0.25, -0.2) is 4.98 Å². The summed E-state index contributed by atoms with van der Waals surface area (Å²) in [6, 6.07) is 12.3. The lowest BCUT2D eigenvalue weighted by atomic mass is 9.97. The van der Waals surface area contributed by atoms with Crippen molar-refractivity contribution in [3.05, 3.63) is 74.7 Å². The molecule has 0 bridgehead atoms. The highest BCUT2D eigenvalue weighted by Gasteiger charge is 2.27. The zero-order chi connectivity index (χ0) is 23.5. The molecule has 6 nitrogen and oxygen atoms in total. The van der Waals surface area contributed by atoms with Gasteiger partial charge < -0.3 is 14.6 Å². The molecule has 4 rings (SSSR count). The van der Waals surface area contributed by atoms with Crippen LogP contribution in [0.25, 0.3) is 22.6 Å². The number of aryl methyl sites for hydroxylation is 1. The van der Waals surface area contributed by atoms with Gasteiger partial charge >= 0.3 is 0 Å². The number of benzene rings is 2. The lowest BCUT2D eigenvalue weighted by Crippen LogP contribution is -1.99. The first kappa shape index (κ1) is 23.4. The molecule has 0 unspecified atom stereocenters. The highest BCUT2D eigenvalue weighted by atomic mass is 35.5. The largest absolute Gasteiger partial charge is 0.506 e. The summed E-state index contributed by atoms with van der Waals surface area (Å²) < 4.78 is 5.76. The number of aromatic nitrogens is 3. The molecule has 0 aliphatic heterocycles. The van der Waals surface area contributed by atoms with Gasteiger partial charge in [-0.05, 0) is 42.7 Å². The molecule has 0 fully saturated rings. The molecule has 0 atom stereocenters. The SMILES string of the molecule is CCCCc1nc(O)c(-c2nnc(Cc3ccc(Cl)cc3)o2)c(O)c1-c1c(Cl)cccc1Cl. The molecule has 0 spiro atoms. The van der Waals surface area contributed by atoms with Gasteiger partial charge in [0.1, 0.15) is 11.3 Å². The van der Waals surface area contributed by atoms with Crippen LogP contribution < -0.4 is 0 Å². The summed E-state index contributed by atoms with van der Waals surface area (Å²) in [4.78, 5) is 4.35. The molecule has 9 heteroatoms. The smallest absolute Gasteiger partial charge is 0.257 e. The number of nitrogens with zero attached hydrogens (tertiary/aromatic N) is 3. The average Bonchev–Trinajstić information content (AvgIpc) is 3.23. The van der Waals surface area contributed by atoms with Crippen molar-refractivity contribution in [1.82, 2.24) is 15.2 Å². The van der Waals surface area contributed by atoms with Crippen LogP contribution in [0.4, 0.5) is 0 Å². The third-order valence-electron chi connectivity index (χ3n) is 5.16. The van der Waals surface area contributed by atoms with E-state index < -0.39 is 5.88 Å². The predicted octanol–water partition coefficient (Wildman–Crippen LogP) is 7.10. The zero-order valence-corrected chi connectivity index (χ0v) is 19.9. The first-order chi connectivity index (χ1) is 15.9. The molecular weight excluding hydrogens is 485 g/mol. The fourth-order valence-electron chi connectivity index (χ4n) is 3.53. The Bertz CT molecular complexity index is 1270. The van der Waals surface area contributed by atoms with Crippen molar-refractivity contribution in [3.8, 4) is 34.2 Å². The molecule has 0 saturated carbocycles. The van der Waals surface area contributed by atoms with Crippen molar-refractivity contribution >= 4 is 34.8 Å². The predicted molar refractivity (Wildman–Crippen MR) is 129 cm³/mol. The summed E-state index contributed by atoms with van der Waals surface area (Å²) in [6.45, 7) is 2.04. The molecule has 170 valence electrons. The van der Waals surface area contributed by atoms with E-state index in [1.54, 1.807) is 30.3 Å². The van der Waals surface area contributed by atoms with Gasteiger partial charge in [-0.15, -0.1) is 10.2 Å². The molecule has 2 heterocycles. The quantitative estimate of drug-likeness (QED) is 0.279. The Morgan fingerprint density at radius 2 is 1.58 bits per heavy atom. The Morgan fingerprint density at radius 3 is 2.24 bits per heavy atom. The Hall–Kier alpha value is -2.80. The van der Waals surface area contributed by atoms with Gasteiger partial charge in [0.05, 0.1) is 22.2 Å². The summed E-state index contributed by atoms with van der Waals surface area (Å²) in [5.74, 6) is -0.441. The van der Waals surface area contributed by atoms with E-state index in [9.17, 15) is 10.2 Å². The number of pyridine rings is 1. The van der Waals surface area contributed by atoms with Crippen LogP contribution in [0.5, 0.6) is 11.6 Å². The second-order valence-corrected chi connectivity index (χ2v) is 8.74. The second kappa shape index (κ2) is 10.00. The minimum Gasteiger partial charge on any atom is -0.506 e. The molecule has 0 saturated heterocycles. The summed E-state index contributed by atoms with van der Waals surface area (Å²) >= 11 is 18.8. The van der Waals surface area contributed by atoms with E-state index in [-0.39, 0.29) is 17.2 Å². The number of unbranched alkanes of at least 4 members (excludes halogenated alkanes) is 1. The van der Waals surface area contributed by atoms with Crippen LogP contribution >= 0.6 is 34.8 Å². The van der Waals surface area contributed by atoms with Gasteiger partial charge in [0.2, 0.25) is 11.8 Å². The number of halogens is 3. The van der Waals surface area contributed by atoms with Crippen molar-refractivity contribution in [3.63, 3.8) is 0 Å². The number of hydrogen-bond donors (Lipinski definition) is 2. The molecule has 2 N–H and O–H groups in total. The molecule has 2 aromatic heterocycles. The minimum absolute atomic E-state index is 0.0621. The Labute approximate surface area is 205 Å². The molecular formula is C24H20Cl3N3O3. The molecule has 0 aliphatic rings. The summed E-state index contributed by atoms with van der Waals surface area (Å²) in [5.41, 5.74) is 2.09. The van der Waals surface area contributed by atoms with Crippen LogP contribution in [0.2, 0.25) is 15.1 Å². The Kier molecular flexibility index (Phi) is 7.08. The van der Waals surface area contributed by atoms with E-state index in [0.717, 1.165) is 18.4 Å². The van der Waals surface area contributed by atoms with E-state index in [2.05, 4.69) is 15.2 Å². The van der Waals surface area contributed by atoms with Crippen LogP contribution in [0.15, 0.2) is 46.9 Å². The lowest BCUT2D eigenvalue weighted by Gasteiger charge is -2.16. The van der Waals surface area contributed by atoms with Gasteiger partial charge in [0, 0.05) is 16.1 Å². The zero-order valence-electron chi connectivity index (χ0n) is 17.6. The van der Waals surface area contributed by atoms with Gasteiger partial charge in [0.25, 0.3) is 5.89 Å². The first-order valence-electron chi connectivity index (χ1n) is 10.3.